The third-order valence-electron chi connectivity index (χ3n) is 6.02. The Hall–Kier alpha value is -2.88. The van der Waals surface area contributed by atoms with Gasteiger partial charge in [-0.05, 0) is 50.6 Å². The molecule has 0 aliphatic heterocycles. The molecule has 1 fully saturated rings. The highest BCUT2D eigenvalue weighted by atomic mass is 32.2. The summed E-state index contributed by atoms with van der Waals surface area (Å²) in [5, 5.41) is 12.6. The van der Waals surface area contributed by atoms with Crippen molar-refractivity contribution in [3.8, 4) is 0 Å². The lowest BCUT2D eigenvalue weighted by Crippen LogP contribution is -2.36. The largest absolute Gasteiger partial charge is 0.352 e. The van der Waals surface area contributed by atoms with Gasteiger partial charge in [-0.3, -0.25) is 14.4 Å². The van der Waals surface area contributed by atoms with Gasteiger partial charge in [0.1, 0.15) is 5.82 Å². The minimum atomic E-state index is -0.687. The van der Waals surface area contributed by atoms with E-state index in [1.807, 2.05) is 6.26 Å². The fraction of sp³-hybridized carbons (Fsp3) is 0.500. The third-order valence-corrected chi connectivity index (χ3v) is 6.67. The van der Waals surface area contributed by atoms with Crippen molar-refractivity contribution in [2.24, 2.45) is 0 Å². The van der Waals surface area contributed by atoms with Gasteiger partial charge in [-0.2, -0.15) is 0 Å². The Labute approximate surface area is 189 Å². The van der Waals surface area contributed by atoms with Crippen LogP contribution in [0, 0.1) is 0 Å². The molecular weight excluding hydrogens is 428 g/mol. The topological polar surface area (TPSA) is 115 Å². The molecular formula is C22H28N6O3S. The second-order valence-electron chi connectivity index (χ2n) is 8.01. The SMILES string of the molecule is CCn1c(=O)c(=O)[nH]c2cc(C(=O)NCCCc3nnc(SC)n3C3CCCC3)ccc21. The number of H-pyrrole nitrogens is 1. The molecule has 1 aromatic carbocycles. The molecule has 1 aliphatic carbocycles. The molecule has 2 N–H and O–H groups in total. The van der Waals surface area contributed by atoms with Crippen LogP contribution < -0.4 is 16.4 Å². The van der Waals surface area contributed by atoms with Crippen LogP contribution in [0.3, 0.4) is 0 Å². The number of carbonyl (C=O) groups is 1. The Bertz CT molecular complexity index is 1240. The summed E-state index contributed by atoms with van der Waals surface area (Å²) in [6.45, 7) is 2.69. The van der Waals surface area contributed by atoms with E-state index in [-0.39, 0.29) is 5.91 Å². The number of aromatic amines is 1. The molecule has 1 aliphatic rings. The van der Waals surface area contributed by atoms with E-state index in [4.69, 9.17) is 0 Å². The average Bonchev–Trinajstić information content (AvgIpc) is 3.46. The number of aryl methyl sites for hydroxylation is 2. The summed E-state index contributed by atoms with van der Waals surface area (Å²) < 4.78 is 3.69. The first-order chi connectivity index (χ1) is 15.5. The zero-order valence-corrected chi connectivity index (χ0v) is 19.2. The molecule has 4 rings (SSSR count). The molecule has 0 bridgehead atoms. The van der Waals surface area contributed by atoms with Crippen LogP contribution in [0.5, 0.6) is 0 Å². The van der Waals surface area contributed by atoms with E-state index in [0.29, 0.717) is 35.7 Å². The molecule has 9 nitrogen and oxygen atoms in total. The number of hydrogen-bond acceptors (Lipinski definition) is 6. The van der Waals surface area contributed by atoms with Crippen LogP contribution >= 0.6 is 11.8 Å². The number of hydrogen-bond donors (Lipinski definition) is 2. The summed E-state index contributed by atoms with van der Waals surface area (Å²) in [5.41, 5.74) is 0.233. The molecule has 2 heterocycles. The van der Waals surface area contributed by atoms with E-state index in [9.17, 15) is 14.4 Å². The minimum Gasteiger partial charge on any atom is -0.352 e. The quantitative estimate of drug-likeness (QED) is 0.306. The number of benzene rings is 1. The maximum Gasteiger partial charge on any atom is 0.316 e. The highest BCUT2D eigenvalue weighted by molar-refractivity contribution is 7.98. The summed E-state index contributed by atoms with van der Waals surface area (Å²) in [5.74, 6) is 0.764. The number of rotatable bonds is 8. The summed E-state index contributed by atoms with van der Waals surface area (Å²) >= 11 is 1.62. The molecule has 1 saturated carbocycles. The lowest BCUT2D eigenvalue weighted by atomic mass is 10.1. The lowest BCUT2D eigenvalue weighted by Gasteiger charge is -2.16. The zero-order chi connectivity index (χ0) is 22.7. The fourth-order valence-corrected chi connectivity index (χ4v) is 5.00. The Morgan fingerprint density at radius 3 is 2.75 bits per heavy atom. The van der Waals surface area contributed by atoms with Gasteiger partial charge in [0.15, 0.2) is 5.16 Å². The van der Waals surface area contributed by atoms with Crippen molar-refractivity contribution >= 4 is 28.7 Å². The highest BCUT2D eigenvalue weighted by Gasteiger charge is 2.23. The molecule has 0 unspecified atom stereocenters. The van der Waals surface area contributed by atoms with E-state index in [1.165, 1.54) is 30.3 Å². The van der Waals surface area contributed by atoms with Crippen molar-refractivity contribution in [2.75, 3.05) is 12.8 Å². The first kappa shape index (κ1) is 22.3. The molecule has 0 saturated heterocycles. The van der Waals surface area contributed by atoms with Crippen LogP contribution in [0.15, 0.2) is 32.9 Å². The van der Waals surface area contributed by atoms with E-state index < -0.39 is 11.1 Å². The normalized spacial score (nSPS) is 14.3. The number of carbonyl (C=O) groups excluding carboxylic acids is 1. The Morgan fingerprint density at radius 2 is 2.03 bits per heavy atom. The Balaban J connectivity index is 1.40. The zero-order valence-electron chi connectivity index (χ0n) is 18.4. The smallest absolute Gasteiger partial charge is 0.316 e. The second-order valence-corrected chi connectivity index (χ2v) is 8.78. The number of nitrogens with one attached hydrogen (secondary N) is 2. The summed E-state index contributed by atoms with van der Waals surface area (Å²) in [4.78, 5) is 39.1. The summed E-state index contributed by atoms with van der Waals surface area (Å²) in [6, 6.07) is 5.46. The molecule has 2 aromatic heterocycles. The first-order valence-corrected chi connectivity index (χ1v) is 12.3. The van der Waals surface area contributed by atoms with E-state index in [0.717, 1.165) is 23.8 Å². The Morgan fingerprint density at radius 1 is 1.25 bits per heavy atom. The van der Waals surface area contributed by atoms with Crippen LogP contribution in [-0.2, 0) is 13.0 Å². The number of amides is 1. The third kappa shape index (κ3) is 4.36. The lowest BCUT2D eigenvalue weighted by molar-refractivity contribution is 0.0953. The van der Waals surface area contributed by atoms with Gasteiger partial charge in [-0.15, -0.1) is 10.2 Å². The van der Waals surface area contributed by atoms with Gasteiger partial charge in [0, 0.05) is 31.1 Å². The van der Waals surface area contributed by atoms with Crippen molar-refractivity contribution in [3.05, 3.63) is 50.3 Å². The van der Waals surface area contributed by atoms with Gasteiger partial charge in [0.2, 0.25) is 0 Å². The number of thioether (sulfide) groups is 1. The summed E-state index contributed by atoms with van der Waals surface area (Å²) in [6.07, 6.45) is 8.37. The molecule has 3 aromatic rings. The number of nitrogens with zero attached hydrogens (tertiary/aromatic N) is 4. The van der Waals surface area contributed by atoms with E-state index in [2.05, 4.69) is 25.1 Å². The molecule has 10 heteroatoms. The fourth-order valence-electron chi connectivity index (χ4n) is 4.43. The van der Waals surface area contributed by atoms with Crippen molar-refractivity contribution < 1.29 is 4.79 Å². The van der Waals surface area contributed by atoms with Crippen LogP contribution in [-0.4, -0.2) is 43.0 Å². The molecule has 1 amide bonds. The molecule has 0 atom stereocenters. The molecule has 170 valence electrons. The van der Waals surface area contributed by atoms with E-state index >= 15 is 0 Å². The van der Waals surface area contributed by atoms with Gasteiger partial charge < -0.3 is 19.4 Å². The minimum absolute atomic E-state index is 0.218. The van der Waals surface area contributed by atoms with Crippen LogP contribution in [0.4, 0.5) is 0 Å². The predicted molar refractivity (Wildman–Crippen MR) is 124 cm³/mol. The average molecular weight is 457 g/mol. The van der Waals surface area contributed by atoms with Crippen molar-refractivity contribution in [1.29, 1.82) is 0 Å². The van der Waals surface area contributed by atoms with Crippen LogP contribution in [0.2, 0.25) is 0 Å². The molecule has 0 spiro atoms. The maximum atomic E-state index is 12.6. The molecule has 32 heavy (non-hydrogen) atoms. The molecule has 0 radical (unpaired) electrons. The van der Waals surface area contributed by atoms with Crippen molar-refractivity contribution in [2.45, 2.75) is 63.2 Å². The number of aromatic nitrogens is 5. The first-order valence-electron chi connectivity index (χ1n) is 11.1. The van der Waals surface area contributed by atoms with E-state index in [1.54, 1.807) is 36.9 Å². The van der Waals surface area contributed by atoms with Gasteiger partial charge in [-0.1, -0.05) is 24.6 Å². The standard InChI is InChI=1S/C22H28N6O3S/c1-3-27-17-11-10-14(13-16(17)24-20(30)21(27)31)19(29)23-12-6-9-18-25-26-22(32-2)28(18)15-7-4-5-8-15/h10-11,13,15H,3-9,12H2,1-2H3,(H,23,29)(H,24,30). The van der Waals surface area contributed by atoms with Gasteiger partial charge in [0.25, 0.3) is 5.91 Å². The van der Waals surface area contributed by atoms with Gasteiger partial charge in [-0.25, -0.2) is 0 Å². The van der Waals surface area contributed by atoms with Crippen molar-refractivity contribution in [1.82, 2.24) is 29.6 Å². The Kier molecular flexibility index (Phi) is 6.78. The van der Waals surface area contributed by atoms with Gasteiger partial charge >= 0.3 is 11.1 Å². The van der Waals surface area contributed by atoms with Gasteiger partial charge in [0.05, 0.1) is 11.0 Å². The predicted octanol–water partition coefficient (Wildman–Crippen LogP) is 2.50. The van der Waals surface area contributed by atoms with Crippen LogP contribution in [0.25, 0.3) is 11.0 Å². The highest BCUT2D eigenvalue weighted by Crippen LogP contribution is 2.33. The maximum absolute atomic E-state index is 12.6. The van der Waals surface area contributed by atoms with Crippen LogP contribution in [0.1, 0.15) is 61.3 Å². The monoisotopic (exact) mass is 456 g/mol. The number of fused-ring (bicyclic) bond motifs is 1. The summed E-state index contributed by atoms with van der Waals surface area (Å²) in [7, 11) is 0. The van der Waals surface area contributed by atoms with Crippen molar-refractivity contribution in [3.63, 3.8) is 0 Å². The second kappa shape index (κ2) is 9.72.